The van der Waals surface area contributed by atoms with E-state index in [1.165, 1.54) is 7.11 Å². The van der Waals surface area contributed by atoms with E-state index < -0.39 is 11.9 Å². The number of nitrogens with zero attached hydrogens (tertiary/aromatic N) is 3. The molecule has 136 valence electrons. The number of amides is 1. The highest BCUT2D eigenvalue weighted by Gasteiger charge is 2.23. The number of ether oxygens (including phenoxy) is 2. The highest BCUT2D eigenvalue weighted by atomic mass is 16.6. The minimum atomic E-state index is -0.500. The summed E-state index contributed by atoms with van der Waals surface area (Å²) < 4.78 is 11.7. The molecule has 0 atom stereocenters. The Kier molecular flexibility index (Phi) is 4.99. The molecule has 0 aliphatic rings. The summed E-state index contributed by atoms with van der Waals surface area (Å²) in [6, 6.07) is 5.42. The minimum Gasteiger partial charge on any atom is -0.460 e. The first-order valence-corrected chi connectivity index (χ1v) is 7.99. The Morgan fingerprint density at radius 2 is 2.04 bits per heavy atom. The van der Waals surface area contributed by atoms with Crippen LogP contribution in [-0.4, -0.2) is 51.8 Å². The van der Waals surface area contributed by atoms with E-state index in [-0.39, 0.29) is 12.3 Å². The second kappa shape index (κ2) is 7.36. The summed E-state index contributed by atoms with van der Waals surface area (Å²) in [5, 5.41) is 10.6. The molecule has 9 nitrogen and oxygen atoms in total. The fourth-order valence-corrected chi connectivity index (χ4v) is 2.66. The molecule has 3 rings (SSSR count). The zero-order valence-corrected chi connectivity index (χ0v) is 14.7. The standard InChI is InChI=1S/C17H19N5O4/c1-10-13(16(24)26-9-8-25-3)11(2)18-14(10)15(23)19-17-21-20-12-6-4-5-7-22(12)17/h4-7,18H,8-9H2,1-3H3,(H,19,21,23). The van der Waals surface area contributed by atoms with Gasteiger partial charge in [-0.2, -0.15) is 0 Å². The van der Waals surface area contributed by atoms with Crippen LogP contribution in [0.4, 0.5) is 5.95 Å². The van der Waals surface area contributed by atoms with Crippen LogP contribution in [0.25, 0.3) is 5.65 Å². The Morgan fingerprint density at radius 3 is 2.81 bits per heavy atom. The van der Waals surface area contributed by atoms with Crippen molar-refractivity contribution in [1.82, 2.24) is 19.6 Å². The summed E-state index contributed by atoms with van der Waals surface area (Å²) in [6.45, 7) is 3.85. The molecule has 3 aromatic heterocycles. The Hall–Kier alpha value is -3.20. The van der Waals surface area contributed by atoms with E-state index in [2.05, 4.69) is 20.5 Å². The highest BCUT2D eigenvalue weighted by Crippen LogP contribution is 2.20. The number of pyridine rings is 1. The van der Waals surface area contributed by atoms with Gasteiger partial charge >= 0.3 is 5.97 Å². The van der Waals surface area contributed by atoms with Gasteiger partial charge in [0.15, 0.2) is 5.65 Å². The van der Waals surface area contributed by atoms with Crippen LogP contribution in [0.1, 0.15) is 32.1 Å². The molecule has 0 spiro atoms. The summed E-state index contributed by atoms with van der Waals surface area (Å²) in [6.07, 6.45) is 1.75. The van der Waals surface area contributed by atoms with Crippen LogP contribution in [-0.2, 0) is 9.47 Å². The molecule has 3 heterocycles. The summed E-state index contributed by atoms with van der Waals surface area (Å²) in [4.78, 5) is 27.8. The van der Waals surface area contributed by atoms with Crippen LogP contribution in [0.3, 0.4) is 0 Å². The largest absolute Gasteiger partial charge is 0.460 e. The van der Waals surface area contributed by atoms with Crippen molar-refractivity contribution in [1.29, 1.82) is 0 Å². The van der Waals surface area contributed by atoms with Crippen LogP contribution >= 0.6 is 0 Å². The Balaban J connectivity index is 1.82. The summed E-state index contributed by atoms with van der Waals surface area (Å²) in [5.41, 5.74) is 2.30. The number of aryl methyl sites for hydroxylation is 1. The average molecular weight is 357 g/mol. The number of carbonyl (C=O) groups is 2. The van der Waals surface area contributed by atoms with Gasteiger partial charge in [0, 0.05) is 19.0 Å². The van der Waals surface area contributed by atoms with Gasteiger partial charge in [0.2, 0.25) is 5.95 Å². The second-order valence-electron chi connectivity index (χ2n) is 5.66. The van der Waals surface area contributed by atoms with E-state index in [4.69, 9.17) is 9.47 Å². The van der Waals surface area contributed by atoms with Crippen molar-refractivity contribution in [2.75, 3.05) is 25.6 Å². The smallest absolute Gasteiger partial charge is 0.340 e. The highest BCUT2D eigenvalue weighted by molar-refractivity contribution is 6.06. The number of hydrogen-bond donors (Lipinski definition) is 2. The van der Waals surface area contributed by atoms with E-state index in [1.807, 2.05) is 12.1 Å². The Bertz CT molecular complexity index is 959. The lowest BCUT2D eigenvalue weighted by Gasteiger charge is -2.05. The maximum Gasteiger partial charge on any atom is 0.340 e. The van der Waals surface area contributed by atoms with Crippen LogP contribution in [0.5, 0.6) is 0 Å². The van der Waals surface area contributed by atoms with E-state index >= 15 is 0 Å². The van der Waals surface area contributed by atoms with Gasteiger partial charge in [-0.05, 0) is 31.5 Å². The van der Waals surface area contributed by atoms with Crippen LogP contribution < -0.4 is 5.32 Å². The maximum absolute atomic E-state index is 12.6. The zero-order valence-electron chi connectivity index (χ0n) is 14.7. The molecule has 1 amide bonds. The Morgan fingerprint density at radius 1 is 1.23 bits per heavy atom. The molecule has 0 aliphatic carbocycles. The van der Waals surface area contributed by atoms with Crippen LogP contribution in [0.2, 0.25) is 0 Å². The van der Waals surface area contributed by atoms with Crippen molar-refractivity contribution in [3.63, 3.8) is 0 Å². The van der Waals surface area contributed by atoms with E-state index in [1.54, 1.807) is 30.5 Å². The van der Waals surface area contributed by atoms with Gasteiger partial charge < -0.3 is 14.5 Å². The lowest BCUT2D eigenvalue weighted by atomic mass is 10.1. The zero-order chi connectivity index (χ0) is 18.7. The molecule has 2 N–H and O–H groups in total. The number of methoxy groups -OCH3 is 1. The molecule has 0 fully saturated rings. The van der Waals surface area contributed by atoms with E-state index in [0.717, 1.165) is 0 Å². The van der Waals surface area contributed by atoms with Gasteiger partial charge in [0.05, 0.1) is 12.2 Å². The van der Waals surface area contributed by atoms with E-state index in [9.17, 15) is 9.59 Å². The van der Waals surface area contributed by atoms with Gasteiger partial charge in [0.1, 0.15) is 12.3 Å². The van der Waals surface area contributed by atoms with Gasteiger partial charge in [-0.25, -0.2) is 4.79 Å². The lowest BCUT2D eigenvalue weighted by Crippen LogP contribution is -2.16. The molecule has 0 saturated heterocycles. The summed E-state index contributed by atoms with van der Waals surface area (Å²) in [7, 11) is 1.53. The molecule has 26 heavy (non-hydrogen) atoms. The first-order valence-electron chi connectivity index (χ1n) is 7.99. The van der Waals surface area contributed by atoms with Crippen molar-refractivity contribution < 1.29 is 19.1 Å². The molecule has 0 radical (unpaired) electrons. The van der Waals surface area contributed by atoms with Crippen LogP contribution in [0, 0.1) is 13.8 Å². The first-order chi connectivity index (χ1) is 12.5. The monoisotopic (exact) mass is 357 g/mol. The van der Waals surface area contributed by atoms with E-state index in [0.29, 0.717) is 35.0 Å². The Labute approximate surface area is 149 Å². The number of aromatic amines is 1. The predicted molar refractivity (Wildman–Crippen MR) is 93.4 cm³/mol. The minimum absolute atomic E-state index is 0.145. The molecule has 0 bridgehead atoms. The molecular formula is C17H19N5O4. The topological polar surface area (TPSA) is 111 Å². The fraction of sp³-hybridized carbons (Fsp3) is 0.294. The maximum atomic E-state index is 12.6. The molecule has 0 aromatic carbocycles. The lowest BCUT2D eigenvalue weighted by molar-refractivity contribution is 0.0387. The van der Waals surface area contributed by atoms with Crippen molar-refractivity contribution >= 4 is 23.5 Å². The third-order valence-electron chi connectivity index (χ3n) is 3.93. The third-order valence-corrected chi connectivity index (χ3v) is 3.93. The van der Waals surface area contributed by atoms with Crippen LogP contribution in [0.15, 0.2) is 24.4 Å². The van der Waals surface area contributed by atoms with Gasteiger partial charge in [-0.1, -0.05) is 6.07 Å². The average Bonchev–Trinajstić information content (AvgIpc) is 3.16. The fourth-order valence-electron chi connectivity index (χ4n) is 2.66. The third kappa shape index (κ3) is 3.29. The van der Waals surface area contributed by atoms with Crippen molar-refractivity contribution in [2.45, 2.75) is 13.8 Å². The molecule has 0 saturated carbocycles. The number of aromatic nitrogens is 4. The summed E-state index contributed by atoms with van der Waals surface area (Å²) >= 11 is 0. The van der Waals surface area contributed by atoms with Crippen molar-refractivity contribution in [3.05, 3.63) is 46.9 Å². The number of nitrogens with one attached hydrogen (secondary N) is 2. The second-order valence-corrected chi connectivity index (χ2v) is 5.66. The number of esters is 1. The number of H-pyrrole nitrogens is 1. The van der Waals surface area contributed by atoms with Gasteiger partial charge in [-0.15, -0.1) is 10.2 Å². The molecular weight excluding hydrogens is 338 g/mol. The van der Waals surface area contributed by atoms with Crippen molar-refractivity contribution in [3.8, 4) is 0 Å². The molecule has 9 heteroatoms. The first kappa shape index (κ1) is 17.6. The number of fused-ring (bicyclic) bond motifs is 1. The quantitative estimate of drug-likeness (QED) is 0.513. The summed E-state index contributed by atoms with van der Waals surface area (Å²) in [5.74, 6) is -0.624. The number of hydrogen-bond acceptors (Lipinski definition) is 6. The van der Waals surface area contributed by atoms with Gasteiger partial charge in [0.25, 0.3) is 5.91 Å². The number of anilines is 1. The molecule has 0 unspecified atom stereocenters. The van der Waals surface area contributed by atoms with Gasteiger partial charge in [-0.3, -0.25) is 14.5 Å². The number of rotatable bonds is 6. The predicted octanol–water partition coefficient (Wildman–Crippen LogP) is 1.73. The normalized spacial score (nSPS) is 10.9. The van der Waals surface area contributed by atoms with Crippen molar-refractivity contribution in [2.24, 2.45) is 0 Å². The molecule has 3 aromatic rings. The SMILES string of the molecule is COCCOC(=O)c1c(C)[nH]c(C(=O)Nc2nnc3ccccn23)c1C. The molecule has 0 aliphatic heterocycles. The number of carbonyl (C=O) groups excluding carboxylic acids is 2.